The molecule has 0 saturated carbocycles. The zero-order chi connectivity index (χ0) is 21.3. The average Bonchev–Trinajstić information content (AvgIpc) is 2.72. The van der Waals surface area contributed by atoms with Crippen molar-refractivity contribution in [1.82, 2.24) is 4.72 Å². The van der Waals surface area contributed by atoms with E-state index >= 15 is 0 Å². The van der Waals surface area contributed by atoms with Crippen LogP contribution in [0.4, 0.5) is 5.69 Å². The predicted octanol–water partition coefficient (Wildman–Crippen LogP) is 1.42. The maximum atomic E-state index is 12.2. The summed E-state index contributed by atoms with van der Waals surface area (Å²) >= 11 is 0. The minimum absolute atomic E-state index is 0.0527. The van der Waals surface area contributed by atoms with Crippen molar-refractivity contribution in [1.29, 1.82) is 5.26 Å². The zero-order valence-corrected chi connectivity index (χ0v) is 16.4. The van der Waals surface area contributed by atoms with Crippen molar-refractivity contribution in [3.8, 4) is 11.8 Å². The Labute approximate surface area is 168 Å². The van der Waals surface area contributed by atoms with Gasteiger partial charge in [-0.3, -0.25) is 9.59 Å². The highest BCUT2D eigenvalue weighted by molar-refractivity contribution is 7.89. The van der Waals surface area contributed by atoms with Crippen molar-refractivity contribution >= 4 is 27.6 Å². The van der Waals surface area contributed by atoms with Crippen LogP contribution in [-0.4, -0.2) is 40.1 Å². The fourth-order valence-electron chi connectivity index (χ4n) is 2.22. The maximum absolute atomic E-state index is 12.2. The summed E-state index contributed by atoms with van der Waals surface area (Å²) in [4.78, 5) is 23.3. The normalized spacial score (nSPS) is 10.6. The number of rotatable bonds is 9. The van der Waals surface area contributed by atoms with Crippen molar-refractivity contribution in [2.24, 2.45) is 0 Å². The van der Waals surface area contributed by atoms with Gasteiger partial charge in [-0.2, -0.15) is 9.98 Å². The highest BCUT2D eigenvalue weighted by Crippen LogP contribution is 2.15. The van der Waals surface area contributed by atoms with Crippen molar-refractivity contribution in [2.75, 3.05) is 25.1 Å². The Morgan fingerprint density at radius 2 is 1.79 bits per heavy atom. The van der Waals surface area contributed by atoms with E-state index < -0.39 is 35.1 Å². The van der Waals surface area contributed by atoms with E-state index in [2.05, 4.69) is 5.32 Å². The first-order chi connectivity index (χ1) is 13.9. The summed E-state index contributed by atoms with van der Waals surface area (Å²) in [6, 6.07) is 14.0. The molecule has 0 aliphatic carbocycles. The Morgan fingerprint density at radius 1 is 1.10 bits per heavy atom. The lowest BCUT2D eigenvalue weighted by Crippen LogP contribution is -2.32. The summed E-state index contributed by atoms with van der Waals surface area (Å²) in [6.07, 6.45) is 0. The smallest absolute Gasteiger partial charge is 0.321 e. The van der Waals surface area contributed by atoms with Gasteiger partial charge in [0, 0.05) is 5.69 Å². The van der Waals surface area contributed by atoms with Gasteiger partial charge in [-0.25, -0.2) is 8.42 Å². The molecule has 2 aromatic rings. The molecule has 0 bridgehead atoms. The summed E-state index contributed by atoms with van der Waals surface area (Å²) in [7, 11) is -4.08. The minimum Gasteiger partial charge on any atom is -0.494 e. The van der Waals surface area contributed by atoms with Crippen LogP contribution in [0.25, 0.3) is 0 Å². The molecule has 0 unspecified atom stereocenters. The second-order valence-corrected chi connectivity index (χ2v) is 7.33. The topological polar surface area (TPSA) is 135 Å². The van der Waals surface area contributed by atoms with Crippen LogP contribution in [0.5, 0.6) is 5.75 Å². The summed E-state index contributed by atoms with van der Waals surface area (Å²) in [6.45, 7) is 1.11. The van der Waals surface area contributed by atoms with Gasteiger partial charge in [0.2, 0.25) is 10.0 Å². The SMILES string of the molecule is CCOc1ccc(NC(=O)COC(=O)CNS(=O)(=O)c2ccccc2C#N)cc1. The molecule has 0 atom stereocenters. The molecule has 10 heteroatoms. The summed E-state index contributed by atoms with van der Waals surface area (Å²) in [5.41, 5.74) is 0.436. The Balaban J connectivity index is 1.82. The van der Waals surface area contributed by atoms with Crippen LogP contribution in [0.15, 0.2) is 53.4 Å². The van der Waals surface area contributed by atoms with Crippen molar-refractivity contribution in [3.63, 3.8) is 0 Å². The first-order valence-electron chi connectivity index (χ1n) is 8.53. The van der Waals surface area contributed by atoms with Gasteiger partial charge in [0.05, 0.1) is 17.1 Å². The van der Waals surface area contributed by atoms with Gasteiger partial charge in [-0.15, -0.1) is 0 Å². The van der Waals surface area contributed by atoms with E-state index in [0.29, 0.717) is 18.0 Å². The zero-order valence-electron chi connectivity index (χ0n) is 15.5. The molecule has 0 saturated heterocycles. The van der Waals surface area contributed by atoms with Crippen LogP contribution in [0.3, 0.4) is 0 Å². The largest absolute Gasteiger partial charge is 0.494 e. The number of hydrogen-bond acceptors (Lipinski definition) is 7. The van der Waals surface area contributed by atoms with E-state index in [4.69, 9.17) is 14.7 Å². The summed E-state index contributed by atoms with van der Waals surface area (Å²) in [5.74, 6) is -0.868. The standard InChI is InChI=1S/C19H19N3O6S/c1-2-27-16-9-7-15(8-10-16)22-18(23)13-28-19(24)12-21-29(25,26)17-6-4-3-5-14(17)11-20/h3-10,21H,2,12-13H2,1H3,(H,22,23). The molecule has 0 radical (unpaired) electrons. The lowest BCUT2D eigenvalue weighted by atomic mass is 10.2. The van der Waals surface area contributed by atoms with E-state index in [9.17, 15) is 18.0 Å². The van der Waals surface area contributed by atoms with Crippen molar-refractivity contribution in [2.45, 2.75) is 11.8 Å². The second kappa shape index (κ2) is 10.2. The molecule has 0 aromatic heterocycles. The molecule has 0 aliphatic heterocycles. The lowest BCUT2D eigenvalue weighted by molar-refractivity contribution is -0.146. The third kappa shape index (κ3) is 6.60. The number of nitrogens with one attached hydrogen (secondary N) is 2. The lowest BCUT2D eigenvalue weighted by Gasteiger charge is -2.09. The number of nitrogens with zero attached hydrogens (tertiary/aromatic N) is 1. The first kappa shape index (κ1) is 21.9. The van der Waals surface area contributed by atoms with Crippen LogP contribution >= 0.6 is 0 Å². The van der Waals surface area contributed by atoms with Crippen molar-refractivity contribution < 1.29 is 27.5 Å². The second-order valence-electron chi connectivity index (χ2n) is 5.60. The van der Waals surface area contributed by atoms with Crippen LogP contribution in [0.1, 0.15) is 12.5 Å². The van der Waals surface area contributed by atoms with Gasteiger partial charge in [-0.1, -0.05) is 12.1 Å². The average molecular weight is 417 g/mol. The van der Waals surface area contributed by atoms with E-state index in [1.165, 1.54) is 24.3 Å². The molecule has 0 spiro atoms. The predicted molar refractivity (Wildman–Crippen MR) is 104 cm³/mol. The van der Waals surface area contributed by atoms with Crippen molar-refractivity contribution in [3.05, 3.63) is 54.1 Å². The fourth-order valence-corrected chi connectivity index (χ4v) is 3.34. The third-order valence-corrected chi connectivity index (χ3v) is 4.98. The van der Waals surface area contributed by atoms with Crippen LogP contribution in [0.2, 0.25) is 0 Å². The highest BCUT2D eigenvalue weighted by atomic mass is 32.2. The van der Waals surface area contributed by atoms with Gasteiger partial charge in [0.15, 0.2) is 6.61 Å². The molecule has 29 heavy (non-hydrogen) atoms. The van der Waals surface area contributed by atoms with Crippen LogP contribution in [0, 0.1) is 11.3 Å². The number of sulfonamides is 1. The van der Waals surface area contributed by atoms with E-state index in [-0.39, 0.29) is 10.5 Å². The summed E-state index contributed by atoms with van der Waals surface area (Å²) < 4.78 is 36.5. The molecule has 0 heterocycles. The molecule has 1 amide bonds. The van der Waals surface area contributed by atoms with Gasteiger partial charge in [0.25, 0.3) is 5.91 Å². The third-order valence-electron chi connectivity index (χ3n) is 3.52. The Kier molecular flexibility index (Phi) is 7.70. The van der Waals surface area contributed by atoms with Gasteiger partial charge in [0.1, 0.15) is 18.4 Å². The van der Waals surface area contributed by atoms with E-state index in [1.807, 2.05) is 11.6 Å². The monoisotopic (exact) mass is 417 g/mol. The number of esters is 1. The summed E-state index contributed by atoms with van der Waals surface area (Å²) in [5, 5.41) is 11.5. The highest BCUT2D eigenvalue weighted by Gasteiger charge is 2.19. The van der Waals surface area contributed by atoms with Crippen LogP contribution in [-0.2, 0) is 24.3 Å². The molecule has 2 N–H and O–H groups in total. The molecule has 0 fully saturated rings. The van der Waals surface area contributed by atoms with Gasteiger partial charge < -0.3 is 14.8 Å². The van der Waals surface area contributed by atoms with Gasteiger partial charge >= 0.3 is 5.97 Å². The fraction of sp³-hybridized carbons (Fsp3) is 0.211. The number of benzene rings is 2. The number of amides is 1. The Hall–Kier alpha value is -3.42. The minimum atomic E-state index is -4.08. The maximum Gasteiger partial charge on any atom is 0.321 e. The molecule has 2 aromatic carbocycles. The van der Waals surface area contributed by atoms with Gasteiger partial charge in [-0.05, 0) is 43.3 Å². The first-order valence-corrected chi connectivity index (χ1v) is 10.0. The molecular weight excluding hydrogens is 398 g/mol. The molecule has 0 aliphatic rings. The Morgan fingerprint density at radius 3 is 2.45 bits per heavy atom. The molecular formula is C19H19N3O6S. The Bertz CT molecular complexity index is 1010. The number of ether oxygens (including phenoxy) is 2. The number of carbonyl (C=O) groups is 2. The molecule has 2 rings (SSSR count). The number of nitriles is 1. The van der Waals surface area contributed by atoms with E-state index in [0.717, 1.165) is 0 Å². The molecule has 9 nitrogen and oxygen atoms in total. The number of hydrogen-bond donors (Lipinski definition) is 2. The van der Waals surface area contributed by atoms with Crippen LogP contribution < -0.4 is 14.8 Å². The van der Waals surface area contributed by atoms with E-state index in [1.54, 1.807) is 30.3 Å². The number of carbonyl (C=O) groups excluding carboxylic acids is 2. The number of anilines is 1. The quantitative estimate of drug-likeness (QED) is 0.589. The molecule has 152 valence electrons.